The lowest BCUT2D eigenvalue weighted by atomic mass is 10.1. The van der Waals surface area contributed by atoms with Gasteiger partial charge < -0.3 is 4.74 Å². The first-order valence-corrected chi connectivity index (χ1v) is 7.07. The van der Waals surface area contributed by atoms with Crippen molar-refractivity contribution in [3.8, 4) is 5.75 Å². The fraction of sp³-hybridized carbons (Fsp3) is 0.250. The highest BCUT2D eigenvalue weighted by molar-refractivity contribution is 6.17. The van der Waals surface area contributed by atoms with E-state index in [4.69, 9.17) is 16.3 Å². The lowest BCUT2D eigenvalue weighted by molar-refractivity contribution is -0.386. The minimum Gasteiger partial charge on any atom is -0.482 e. The molecule has 0 aliphatic heterocycles. The Labute approximate surface area is 128 Å². The molecule has 4 nitrogen and oxygen atoms in total. The second-order valence-corrected chi connectivity index (χ2v) is 5.17. The van der Waals surface area contributed by atoms with E-state index in [-0.39, 0.29) is 17.3 Å². The number of nitro groups is 1. The zero-order valence-corrected chi connectivity index (χ0v) is 12.7. The highest BCUT2D eigenvalue weighted by atomic mass is 35.5. The normalized spacial score (nSPS) is 10.4. The van der Waals surface area contributed by atoms with Gasteiger partial charge in [-0.2, -0.15) is 0 Å². The molecule has 2 aromatic carbocycles. The average Bonchev–Trinajstić information content (AvgIpc) is 2.48. The van der Waals surface area contributed by atoms with Gasteiger partial charge in [0.05, 0.1) is 4.92 Å². The maximum atomic E-state index is 11.1. The van der Waals surface area contributed by atoms with E-state index in [9.17, 15) is 10.1 Å². The van der Waals surface area contributed by atoms with Gasteiger partial charge in [0.15, 0.2) is 5.75 Å². The Balaban J connectivity index is 2.19. The van der Waals surface area contributed by atoms with Crippen LogP contribution in [0.1, 0.15) is 22.3 Å². The summed E-state index contributed by atoms with van der Waals surface area (Å²) in [5.41, 5.74) is 3.99. The summed E-state index contributed by atoms with van der Waals surface area (Å²) in [5, 5.41) is 11.1. The fourth-order valence-electron chi connectivity index (χ4n) is 1.97. The Morgan fingerprint density at radius 3 is 2.43 bits per heavy atom. The smallest absolute Gasteiger partial charge is 0.311 e. The predicted molar refractivity (Wildman–Crippen MR) is 82.9 cm³/mol. The van der Waals surface area contributed by atoms with Crippen LogP contribution in [0.4, 0.5) is 5.69 Å². The highest BCUT2D eigenvalue weighted by Gasteiger charge is 2.16. The molecule has 110 valence electrons. The van der Waals surface area contributed by atoms with Crippen molar-refractivity contribution in [1.29, 1.82) is 0 Å². The summed E-state index contributed by atoms with van der Waals surface area (Å²) in [7, 11) is 0. The predicted octanol–water partition coefficient (Wildman–Crippen LogP) is 4.53. The number of nitrogens with zero attached hydrogens (tertiary/aromatic N) is 1. The molecule has 0 aromatic heterocycles. The van der Waals surface area contributed by atoms with Crippen LogP contribution in [0.3, 0.4) is 0 Å². The van der Waals surface area contributed by atoms with Gasteiger partial charge in [0.1, 0.15) is 6.61 Å². The van der Waals surface area contributed by atoms with Crippen LogP contribution in [0, 0.1) is 24.0 Å². The Morgan fingerprint density at radius 2 is 1.81 bits per heavy atom. The van der Waals surface area contributed by atoms with Crippen LogP contribution in [0.15, 0.2) is 36.4 Å². The first-order chi connectivity index (χ1) is 10.0. The number of halogens is 1. The zero-order valence-electron chi connectivity index (χ0n) is 11.9. The minimum atomic E-state index is -0.453. The summed E-state index contributed by atoms with van der Waals surface area (Å²) in [4.78, 5) is 10.6. The van der Waals surface area contributed by atoms with Gasteiger partial charge in [0.25, 0.3) is 0 Å². The van der Waals surface area contributed by atoms with Gasteiger partial charge in [-0.1, -0.05) is 24.3 Å². The highest BCUT2D eigenvalue weighted by Crippen LogP contribution is 2.29. The molecular weight excluding hydrogens is 290 g/mol. The first kappa shape index (κ1) is 15.3. The largest absolute Gasteiger partial charge is 0.482 e. The molecule has 2 rings (SSSR count). The number of alkyl halides is 1. The molecule has 0 amide bonds. The second kappa shape index (κ2) is 6.59. The first-order valence-electron chi connectivity index (χ1n) is 6.53. The van der Waals surface area contributed by atoms with Crippen molar-refractivity contribution in [2.45, 2.75) is 26.3 Å². The number of hydrogen-bond acceptors (Lipinski definition) is 3. The van der Waals surface area contributed by atoms with Crippen LogP contribution in [0.5, 0.6) is 5.75 Å². The van der Waals surface area contributed by atoms with Crippen LogP contribution in [-0.4, -0.2) is 4.92 Å². The van der Waals surface area contributed by atoms with E-state index in [0.29, 0.717) is 12.2 Å². The Bertz CT molecular complexity index is 671. The molecule has 0 saturated carbocycles. The molecule has 0 aliphatic rings. The molecule has 0 radical (unpaired) electrons. The molecule has 21 heavy (non-hydrogen) atoms. The number of ether oxygens (including phenoxy) is 1. The molecular formula is C16H16ClNO3. The van der Waals surface area contributed by atoms with Crippen LogP contribution < -0.4 is 4.74 Å². The zero-order chi connectivity index (χ0) is 15.4. The van der Waals surface area contributed by atoms with Crippen molar-refractivity contribution < 1.29 is 9.66 Å². The van der Waals surface area contributed by atoms with Crippen molar-refractivity contribution in [3.63, 3.8) is 0 Å². The van der Waals surface area contributed by atoms with Gasteiger partial charge >= 0.3 is 5.69 Å². The maximum Gasteiger partial charge on any atom is 0.311 e. The van der Waals surface area contributed by atoms with Crippen molar-refractivity contribution >= 4 is 17.3 Å². The molecule has 0 aliphatic carbocycles. The second-order valence-electron chi connectivity index (χ2n) is 4.90. The van der Waals surface area contributed by atoms with Gasteiger partial charge in [0, 0.05) is 11.9 Å². The third kappa shape index (κ3) is 3.73. The van der Waals surface area contributed by atoms with Gasteiger partial charge in [-0.3, -0.25) is 10.1 Å². The van der Waals surface area contributed by atoms with Gasteiger partial charge in [-0.25, -0.2) is 0 Å². The minimum absolute atomic E-state index is 0.0583. The van der Waals surface area contributed by atoms with Crippen LogP contribution in [-0.2, 0) is 12.5 Å². The summed E-state index contributed by atoms with van der Waals surface area (Å²) in [6.07, 6.45) is 0. The molecule has 0 unspecified atom stereocenters. The van der Waals surface area contributed by atoms with E-state index >= 15 is 0 Å². The third-order valence-corrected chi connectivity index (χ3v) is 3.65. The topological polar surface area (TPSA) is 52.4 Å². The number of rotatable bonds is 5. The maximum absolute atomic E-state index is 11.1. The average molecular weight is 306 g/mol. The van der Waals surface area contributed by atoms with Crippen molar-refractivity contribution in [1.82, 2.24) is 0 Å². The fourth-order valence-corrected chi connectivity index (χ4v) is 2.13. The summed E-state index contributed by atoms with van der Waals surface area (Å²) in [5.74, 6) is 0.491. The summed E-state index contributed by atoms with van der Waals surface area (Å²) in [6.45, 7) is 4.36. The molecule has 0 heterocycles. The molecule has 0 bridgehead atoms. The molecule has 2 aromatic rings. The number of benzene rings is 2. The number of nitro benzene ring substituents is 1. The Hall–Kier alpha value is -2.07. The lowest BCUT2D eigenvalue weighted by Crippen LogP contribution is -2.00. The van der Waals surface area contributed by atoms with E-state index in [0.717, 1.165) is 5.56 Å². The van der Waals surface area contributed by atoms with Gasteiger partial charge in [-0.05, 0) is 42.2 Å². The number of hydrogen-bond donors (Lipinski definition) is 0. The standard InChI is InChI=1S/C16H16ClNO3/c1-11-3-4-14(7-12(11)2)10-21-16-6-5-13(9-17)8-15(16)18(19)20/h3-8H,9-10H2,1-2H3. The summed E-state index contributed by atoms with van der Waals surface area (Å²) < 4.78 is 5.59. The summed E-state index contributed by atoms with van der Waals surface area (Å²) >= 11 is 5.70. The molecule has 0 N–H and O–H groups in total. The SMILES string of the molecule is Cc1ccc(COc2ccc(CCl)cc2[N+](=O)[O-])cc1C. The quantitative estimate of drug-likeness (QED) is 0.463. The van der Waals surface area contributed by atoms with Crippen LogP contribution in [0.2, 0.25) is 0 Å². The summed E-state index contributed by atoms with van der Waals surface area (Å²) in [6, 6.07) is 10.8. The van der Waals surface area contributed by atoms with Crippen molar-refractivity contribution in [2.75, 3.05) is 0 Å². The molecule has 0 saturated heterocycles. The van der Waals surface area contributed by atoms with E-state index in [1.54, 1.807) is 12.1 Å². The van der Waals surface area contributed by atoms with Gasteiger partial charge in [0.2, 0.25) is 0 Å². The molecule has 0 fully saturated rings. The van der Waals surface area contributed by atoms with E-state index in [1.165, 1.54) is 17.2 Å². The van der Waals surface area contributed by atoms with E-state index < -0.39 is 4.92 Å². The monoisotopic (exact) mass is 305 g/mol. The van der Waals surface area contributed by atoms with Crippen LogP contribution in [0.25, 0.3) is 0 Å². The Morgan fingerprint density at radius 1 is 1.10 bits per heavy atom. The number of aryl methyl sites for hydroxylation is 2. The van der Waals surface area contributed by atoms with E-state index in [2.05, 4.69) is 0 Å². The third-order valence-electron chi connectivity index (χ3n) is 3.34. The van der Waals surface area contributed by atoms with Gasteiger partial charge in [-0.15, -0.1) is 11.6 Å². The van der Waals surface area contributed by atoms with E-state index in [1.807, 2.05) is 32.0 Å². The Kier molecular flexibility index (Phi) is 4.81. The molecule has 0 atom stereocenters. The molecule has 5 heteroatoms. The van der Waals surface area contributed by atoms with Crippen molar-refractivity contribution in [3.05, 3.63) is 68.8 Å². The lowest BCUT2D eigenvalue weighted by Gasteiger charge is -2.09. The van der Waals surface area contributed by atoms with Crippen LogP contribution >= 0.6 is 11.6 Å². The van der Waals surface area contributed by atoms with Crippen molar-refractivity contribution in [2.24, 2.45) is 0 Å². The molecule has 0 spiro atoms.